The van der Waals surface area contributed by atoms with E-state index in [9.17, 15) is 14.4 Å². The summed E-state index contributed by atoms with van der Waals surface area (Å²) >= 11 is 0. The maximum absolute atomic E-state index is 13.0. The van der Waals surface area contributed by atoms with Crippen molar-refractivity contribution in [3.63, 3.8) is 0 Å². The van der Waals surface area contributed by atoms with Gasteiger partial charge in [0.25, 0.3) is 5.56 Å². The summed E-state index contributed by atoms with van der Waals surface area (Å²) in [7, 11) is 3.00. The van der Waals surface area contributed by atoms with Crippen molar-refractivity contribution >= 4 is 11.9 Å². The number of hydrogen-bond donors (Lipinski definition) is 0. The highest BCUT2D eigenvalue weighted by molar-refractivity contribution is 5.93. The van der Waals surface area contributed by atoms with Gasteiger partial charge in [0.05, 0.1) is 20.8 Å². The van der Waals surface area contributed by atoms with E-state index in [1.165, 1.54) is 18.7 Å². The number of likely N-dealkylation sites (tertiary alicyclic amines) is 1. The van der Waals surface area contributed by atoms with Gasteiger partial charge < -0.3 is 23.7 Å². The quantitative estimate of drug-likeness (QED) is 0.517. The maximum atomic E-state index is 13.0. The summed E-state index contributed by atoms with van der Waals surface area (Å²) in [6.45, 7) is 8.01. The van der Waals surface area contributed by atoms with Crippen LogP contribution in [0.5, 0.6) is 11.5 Å². The lowest BCUT2D eigenvalue weighted by molar-refractivity contribution is -0.128. The standard InChI is InChI=1S/C27H35N3O6/c1-18-15-22(34-3)19(2)14-20(18)17-28-9-7-21-26(27(33)35-4)23(16-25(32)30(21)11-10-28)36-13-12-29-8-5-6-24(29)31/h14-16H,5-13,17H2,1-4H3. The average Bonchev–Trinajstić information content (AvgIpc) is 3.14. The Kier molecular flexibility index (Phi) is 7.98. The van der Waals surface area contributed by atoms with Crippen molar-refractivity contribution in [2.24, 2.45) is 0 Å². The molecule has 2 aromatic rings. The van der Waals surface area contributed by atoms with Gasteiger partial charge in [0.1, 0.15) is 23.7 Å². The van der Waals surface area contributed by atoms with Gasteiger partial charge in [0, 0.05) is 57.3 Å². The second-order valence-electron chi connectivity index (χ2n) is 9.42. The molecule has 2 aliphatic rings. The van der Waals surface area contributed by atoms with E-state index in [4.69, 9.17) is 14.2 Å². The summed E-state index contributed by atoms with van der Waals surface area (Å²) in [6.07, 6.45) is 1.91. The zero-order valence-electron chi connectivity index (χ0n) is 21.6. The van der Waals surface area contributed by atoms with E-state index in [2.05, 4.69) is 24.0 Å². The highest BCUT2D eigenvalue weighted by atomic mass is 16.5. The molecule has 0 radical (unpaired) electrons. The van der Waals surface area contributed by atoms with Crippen molar-refractivity contribution < 1.29 is 23.8 Å². The number of benzene rings is 1. The first-order valence-corrected chi connectivity index (χ1v) is 12.4. The molecule has 0 atom stereocenters. The third-order valence-corrected chi connectivity index (χ3v) is 7.11. The molecule has 194 valence electrons. The number of amides is 1. The second kappa shape index (κ2) is 11.2. The van der Waals surface area contributed by atoms with Crippen molar-refractivity contribution in [2.45, 2.75) is 46.2 Å². The Balaban J connectivity index is 1.54. The molecule has 0 unspecified atom stereocenters. The van der Waals surface area contributed by atoms with Crippen LogP contribution in [0.4, 0.5) is 0 Å². The van der Waals surface area contributed by atoms with Gasteiger partial charge in [-0.05, 0) is 43.0 Å². The molecule has 0 saturated carbocycles. The van der Waals surface area contributed by atoms with Crippen molar-refractivity contribution in [1.82, 2.24) is 14.4 Å². The first-order chi connectivity index (χ1) is 17.3. The van der Waals surface area contributed by atoms with E-state index >= 15 is 0 Å². The average molecular weight is 498 g/mol. The molecule has 3 heterocycles. The molecule has 1 aromatic carbocycles. The van der Waals surface area contributed by atoms with Crippen molar-refractivity contribution in [3.8, 4) is 11.5 Å². The minimum Gasteiger partial charge on any atom is -0.496 e. The molecule has 1 aromatic heterocycles. The lowest BCUT2D eigenvalue weighted by Gasteiger charge is -2.21. The fourth-order valence-corrected chi connectivity index (χ4v) is 5.07. The Bertz CT molecular complexity index is 1200. The van der Waals surface area contributed by atoms with Crippen LogP contribution < -0.4 is 15.0 Å². The zero-order valence-corrected chi connectivity index (χ0v) is 21.6. The van der Waals surface area contributed by atoms with Gasteiger partial charge in [0.2, 0.25) is 5.91 Å². The number of carbonyl (C=O) groups excluding carboxylic acids is 2. The number of carbonyl (C=O) groups is 2. The molecule has 9 nitrogen and oxygen atoms in total. The van der Waals surface area contributed by atoms with Crippen LogP contribution in [0.1, 0.15) is 45.6 Å². The smallest absolute Gasteiger partial charge is 0.343 e. The first kappa shape index (κ1) is 25.8. The molecule has 0 aliphatic carbocycles. The van der Waals surface area contributed by atoms with Crippen molar-refractivity contribution in [2.75, 3.05) is 47.0 Å². The van der Waals surface area contributed by atoms with Crippen LogP contribution in [0.2, 0.25) is 0 Å². The summed E-state index contributed by atoms with van der Waals surface area (Å²) in [6, 6.07) is 5.57. The van der Waals surface area contributed by atoms with Crippen molar-refractivity contribution in [3.05, 3.63) is 56.5 Å². The SMILES string of the molecule is COC(=O)c1c(OCCN2CCCC2=O)cc(=O)n2c1CCN(Cc1cc(C)c(OC)cc1C)CC2. The lowest BCUT2D eigenvalue weighted by atomic mass is 10.0. The van der Waals surface area contributed by atoms with E-state index in [-0.39, 0.29) is 23.8 Å². The lowest BCUT2D eigenvalue weighted by Crippen LogP contribution is -2.31. The number of aromatic nitrogens is 1. The van der Waals surface area contributed by atoms with Crippen LogP contribution in [0.15, 0.2) is 23.0 Å². The van der Waals surface area contributed by atoms with Gasteiger partial charge >= 0.3 is 5.97 Å². The molecular formula is C27H35N3O6. The van der Waals surface area contributed by atoms with Gasteiger partial charge in [-0.25, -0.2) is 4.79 Å². The van der Waals surface area contributed by atoms with Crippen LogP contribution in [0.3, 0.4) is 0 Å². The molecule has 0 N–H and O–H groups in total. The summed E-state index contributed by atoms with van der Waals surface area (Å²) in [5.41, 5.74) is 4.16. The van der Waals surface area contributed by atoms with E-state index in [1.54, 1.807) is 16.6 Å². The van der Waals surface area contributed by atoms with Gasteiger partial charge in [0.15, 0.2) is 0 Å². The topological polar surface area (TPSA) is 90.3 Å². The predicted octanol–water partition coefficient (Wildman–Crippen LogP) is 2.32. The van der Waals surface area contributed by atoms with Crippen LogP contribution in [0, 0.1) is 13.8 Å². The summed E-state index contributed by atoms with van der Waals surface area (Å²) in [4.78, 5) is 41.8. The number of aryl methyl sites for hydroxylation is 2. The number of esters is 1. The number of ether oxygens (including phenoxy) is 3. The van der Waals surface area contributed by atoms with E-state index in [1.807, 2.05) is 6.92 Å². The number of fused-ring (bicyclic) bond motifs is 1. The second-order valence-corrected chi connectivity index (χ2v) is 9.42. The van der Waals surface area contributed by atoms with Gasteiger partial charge in [-0.1, -0.05) is 6.07 Å². The molecular weight excluding hydrogens is 462 g/mol. The Hall–Kier alpha value is -3.33. The minimum atomic E-state index is -0.527. The van der Waals surface area contributed by atoms with Crippen LogP contribution in [-0.4, -0.2) is 73.2 Å². The van der Waals surface area contributed by atoms with Gasteiger partial charge in [-0.2, -0.15) is 0 Å². The minimum absolute atomic E-state index is 0.108. The normalized spacial score (nSPS) is 16.0. The third kappa shape index (κ3) is 5.41. The van der Waals surface area contributed by atoms with E-state index in [0.29, 0.717) is 56.8 Å². The molecule has 1 amide bonds. The molecule has 0 bridgehead atoms. The number of nitrogens with zero attached hydrogens (tertiary/aromatic N) is 3. The largest absolute Gasteiger partial charge is 0.496 e. The highest BCUT2D eigenvalue weighted by Crippen LogP contribution is 2.26. The Labute approximate surface area is 211 Å². The molecule has 36 heavy (non-hydrogen) atoms. The first-order valence-electron chi connectivity index (χ1n) is 12.4. The van der Waals surface area contributed by atoms with Crippen LogP contribution >= 0.6 is 0 Å². The number of methoxy groups -OCH3 is 2. The summed E-state index contributed by atoms with van der Waals surface area (Å²) in [5, 5.41) is 0. The van der Waals surface area contributed by atoms with Gasteiger partial charge in [-0.3, -0.25) is 14.5 Å². The number of pyridine rings is 1. The van der Waals surface area contributed by atoms with Crippen LogP contribution in [-0.2, 0) is 29.0 Å². The number of hydrogen-bond acceptors (Lipinski definition) is 7. The van der Waals surface area contributed by atoms with Gasteiger partial charge in [-0.15, -0.1) is 0 Å². The Morgan fingerprint density at radius 1 is 0.944 bits per heavy atom. The molecule has 4 rings (SSSR count). The molecule has 1 saturated heterocycles. The molecule has 1 fully saturated rings. The summed E-state index contributed by atoms with van der Waals surface area (Å²) < 4.78 is 18.1. The molecule has 2 aliphatic heterocycles. The fourth-order valence-electron chi connectivity index (χ4n) is 5.07. The maximum Gasteiger partial charge on any atom is 0.343 e. The van der Waals surface area contributed by atoms with Crippen molar-refractivity contribution in [1.29, 1.82) is 0 Å². The fraction of sp³-hybridized carbons (Fsp3) is 0.519. The zero-order chi connectivity index (χ0) is 25.8. The third-order valence-electron chi connectivity index (χ3n) is 7.11. The Morgan fingerprint density at radius 3 is 2.44 bits per heavy atom. The molecule has 9 heteroatoms. The van der Waals surface area contributed by atoms with E-state index < -0.39 is 5.97 Å². The Morgan fingerprint density at radius 2 is 1.75 bits per heavy atom. The van der Waals surface area contributed by atoms with E-state index in [0.717, 1.165) is 29.8 Å². The molecule has 0 spiro atoms. The summed E-state index contributed by atoms with van der Waals surface area (Å²) in [5.74, 6) is 0.674. The van der Waals surface area contributed by atoms with Crippen LogP contribution in [0.25, 0.3) is 0 Å². The highest BCUT2D eigenvalue weighted by Gasteiger charge is 2.27. The predicted molar refractivity (Wildman–Crippen MR) is 135 cm³/mol. The monoisotopic (exact) mass is 497 g/mol. The number of rotatable bonds is 8.